The van der Waals surface area contributed by atoms with E-state index in [1.165, 1.54) is 0 Å². The maximum Gasteiger partial charge on any atom is 0.471 e. The summed E-state index contributed by atoms with van der Waals surface area (Å²) in [4.78, 5) is 12.4. The quantitative estimate of drug-likeness (QED) is 0.145. The van der Waals surface area contributed by atoms with Crippen molar-refractivity contribution >= 4 is 48.3 Å². The first-order valence-electron chi connectivity index (χ1n) is 11.5. The van der Waals surface area contributed by atoms with Crippen molar-refractivity contribution in [3.8, 4) is 0 Å². The summed E-state index contributed by atoms with van der Waals surface area (Å²) in [6.45, 7) is 29.9. The van der Waals surface area contributed by atoms with Crippen molar-refractivity contribution < 1.29 is 26.0 Å². The largest absolute Gasteiger partial charge is 0.471 e. The first-order valence-corrected chi connectivity index (χ1v) is 26.5. The second kappa shape index (κ2) is 11.2. The Morgan fingerprint density at radius 3 is 1.48 bits per heavy atom. The van der Waals surface area contributed by atoms with E-state index in [1.54, 1.807) is 0 Å². The Morgan fingerprint density at radius 2 is 1.13 bits per heavy atom. The zero-order valence-corrected chi connectivity index (χ0v) is 27.8. The molecule has 0 atom stereocenters. The average molecular weight is 527 g/mol. The number of carbonyl (C=O) groups excluding carboxylic acids is 1. The first kappa shape index (κ1) is 31.4. The van der Waals surface area contributed by atoms with E-state index >= 15 is 0 Å². The van der Waals surface area contributed by atoms with Crippen LogP contribution in [0.25, 0.3) is 0 Å². The highest BCUT2D eigenvalue weighted by atomic mass is 28.5. The Labute approximate surface area is 197 Å². The number of hydrogen-bond donors (Lipinski definition) is 0. The second-order valence-electron chi connectivity index (χ2n) is 12.3. The van der Waals surface area contributed by atoms with Gasteiger partial charge in [0.25, 0.3) is 0 Å². The van der Waals surface area contributed by atoms with Crippen LogP contribution in [0.15, 0.2) is 0 Å². The van der Waals surface area contributed by atoms with Crippen molar-refractivity contribution in [2.24, 2.45) is 5.41 Å². The Hall–Kier alpha value is 0.394. The topological polar surface area (TPSA) is 63.2 Å². The summed E-state index contributed by atoms with van der Waals surface area (Å²) >= 11 is 0. The molecule has 0 aliphatic heterocycles. The van der Waals surface area contributed by atoms with Gasteiger partial charge in [-0.3, -0.25) is 4.79 Å². The predicted molar refractivity (Wildman–Crippen MR) is 142 cm³/mol. The van der Waals surface area contributed by atoms with Crippen molar-refractivity contribution in [2.45, 2.75) is 112 Å². The Bertz CT molecular complexity index is 560. The monoisotopic (exact) mass is 526 g/mol. The molecule has 0 bridgehead atoms. The maximum absolute atomic E-state index is 12.4. The molecule has 0 aromatic rings. The van der Waals surface area contributed by atoms with Gasteiger partial charge in [0.05, 0.1) is 12.0 Å². The first-order chi connectivity index (χ1) is 13.5. The minimum atomic E-state index is -3.04. The van der Waals surface area contributed by atoms with E-state index in [9.17, 15) is 4.79 Å². The fourth-order valence-electron chi connectivity index (χ4n) is 3.07. The van der Waals surface area contributed by atoms with Crippen LogP contribution in [0.5, 0.6) is 0 Å². The lowest BCUT2D eigenvalue weighted by Crippen LogP contribution is -2.62. The van der Waals surface area contributed by atoms with E-state index in [0.717, 1.165) is 6.42 Å². The second-order valence-corrected chi connectivity index (χ2v) is 32.9. The highest BCUT2D eigenvalue weighted by Gasteiger charge is 2.52. The van der Waals surface area contributed by atoms with E-state index in [-0.39, 0.29) is 5.97 Å². The van der Waals surface area contributed by atoms with Gasteiger partial charge in [-0.2, -0.15) is 0 Å². The van der Waals surface area contributed by atoms with Crippen LogP contribution in [0.3, 0.4) is 0 Å². The molecule has 0 aromatic carbocycles. The molecule has 0 aromatic heterocycles. The number of hydrogen-bond acceptors (Lipinski definition) is 6. The molecular weight excluding hydrogens is 477 g/mol. The van der Waals surface area contributed by atoms with E-state index in [4.69, 9.17) is 21.2 Å². The molecule has 0 fully saturated rings. The van der Waals surface area contributed by atoms with Crippen LogP contribution >= 0.6 is 0 Å². The SMILES string of the molecule is CCC(C)(C)C(=O)OCCC[Si](O[Si](C)(C)C)(O[Si](C)(C)C)O[Si](C)(C)O[Si](C)(C)C. The van der Waals surface area contributed by atoms with Crippen molar-refractivity contribution in [3.63, 3.8) is 0 Å². The third kappa shape index (κ3) is 14.3. The minimum Gasteiger partial charge on any atom is -0.465 e. The molecule has 11 heteroatoms. The molecule has 0 aliphatic rings. The molecule has 0 rings (SSSR count). The number of carbonyl (C=O) groups is 1. The van der Waals surface area contributed by atoms with Crippen molar-refractivity contribution in [1.82, 2.24) is 0 Å². The third-order valence-electron chi connectivity index (χ3n) is 4.17. The van der Waals surface area contributed by atoms with Gasteiger partial charge in [0.2, 0.25) is 0 Å². The smallest absolute Gasteiger partial charge is 0.465 e. The molecule has 0 spiro atoms. The van der Waals surface area contributed by atoms with E-state index < -0.39 is 47.7 Å². The predicted octanol–water partition coefficient (Wildman–Crippen LogP) is 6.57. The van der Waals surface area contributed by atoms with Gasteiger partial charge in [0.15, 0.2) is 25.0 Å². The van der Waals surface area contributed by atoms with Gasteiger partial charge < -0.3 is 21.2 Å². The summed E-state index contributed by atoms with van der Waals surface area (Å²) < 4.78 is 32.4. The third-order valence-corrected chi connectivity index (χ3v) is 20.2. The molecule has 0 radical (unpaired) electrons. The normalized spacial score (nSPS) is 14.6. The summed E-state index contributed by atoms with van der Waals surface area (Å²) in [5, 5.41) is 0. The Morgan fingerprint density at radius 1 is 0.710 bits per heavy atom. The summed E-state index contributed by atoms with van der Waals surface area (Å²) in [5.74, 6) is -0.155. The van der Waals surface area contributed by atoms with Gasteiger partial charge in [-0.15, -0.1) is 0 Å². The minimum absolute atomic E-state index is 0.155. The molecular formula is C20H50O6Si5. The Balaban J connectivity index is 5.68. The molecule has 0 unspecified atom stereocenters. The van der Waals surface area contributed by atoms with Crippen LogP contribution in [-0.2, 0) is 26.0 Å². The zero-order chi connectivity index (χ0) is 24.9. The van der Waals surface area contributed by atoms with Crippen molar-refractivity contribution in [1.29, 1.82) is 0 Å². The van der Waals surface area contributed by atoms with Gasteiger partial charge in [-0.1, -0.05) is 6.92 Å². The standard InChI is InChI=1S/C20H50O6Si5/c1-15-20(2,3)19(21)22-17-16-18-31(24-28(7,8)9,25-29(10,11)12)26-30(13,14)23-27(4,5)6/h15-18H2,1-14H3. The lowest BCUT2D eigenvalue weighted by molar-refractivity contribution is -0.154. The fraction of sp³-hybridized carbons (Fsp3) is 0.950. The molecule has 6 nitrogen and oxygen atoms in total. The molecule has 0 heterocycles. The maximum atomic E-state index is 12.4. The van der Waals surface area contributed by atoms with Crippen LogP contribution in [0.4, 0.5) is 0 Å². The summed E-state index contributed by atoms with van der Waals surface area (Å²) in [5.41, 5.74) is -0.464. The Kier molecular flexibility index (Phi) is 11.4. The summed E-state index contributed by atoms with van der Waals surface area (Å²) in [6.07, 6.45) is 1.41. The summed E-state index contributed by atoms with van der Waals surface area (Å²) in [7, 11) is -11.2. The highest BCUT2D eigenvalue weighted by Crippen LogP contribution is 2.31. The van der Waals surface area contributed by atoms with E-state index in [0.29, 0.717) is 19.1 Å². The average Bonchev–Trinajstić information content (AvgIpc) is 2.44. The van der Waals surface area contributed by atoms with Crippen LogP contribution in [0, 0.1) is 5.41 Å². The fourth-order valence-corrected chi connectivity index (χ4v) is 23.4. The van der Waals surface area contributed by atoms with E-state index in [2.05, 4.69) is 72.0 Å². The molecule has 0 saturated carbocycles. The van der Waals surface area contributed by atoms with E-state index in [1.807, 2.05) is 20.8 Å². The van der Waals surface area contributed by atoms with Gasteiger partial charge in [-0.25, -0.2) is 0 Å². The molecule has 186 valence electrons. The van der Waals surface area contributed by atoms with Crippen molar-refractivity contribution in [3.05, 3.63) is 0 Å². The van der Waals surface area contributed by atoms with Gasteiger partial charge in [0, 0.05) is 6.04 Å². The van der Waals surface area contributed by atoms with Crippen LogP contribution in [0.1, 0.15) is 33.6 Å². The van der Waals surface area contributed by atoms with Crippen LogP contribution in [0.2, 0.25) is 78.1 Å². The molecule has 0 amide bonds. The number of ether oxygens (including phenoxy) is 1. The van der Waals surface area contributed by atoms with Crippen LogP contribution in [-0.4, -0.2) is 54.9 Å². The molecule has 0 saturated heterocycles. The lowest BCUT2D eigenvalue weighted by atomic mass is 9.91. The van der Waals surface area contributed by atoms with Crippen LogP contribution < -0.4 is 0 Å². The lowest BCUT2D eigenvalue weighted by Gasteiger charge is -2.44. The molecule has 0 N–H and O–H groups in total. The van der Waals surface area contributed by atoms with Gasteiger partial charge in [-0.05, 0) is 98.7 Å². The number of esters is 1. The molecule has 0 aliphatic carbocycles. The van der Waals surface area contributed by atoms with Crippen molar-refractivity contribution in [2.75, 3.05) is 6.61 Å². The summed E-state index contributed by atoms with van der Waals surface area (Å²) in [6, 6.07) is 0.632. The zero-order valence-electron chi connectivity index (χ0n) is 22.8. The van der Waals surface area contributed by atoms with Gasteiger partial charge in [0.1, 0.15) is 0 Å². The van der Waals surface area contributed by atoms with Gasteiger partial charge >= 0.3 is 23.3 Å². The molecule has 31 heavy (non-hydrogen) atoms. The number of rotatable bonds is 14. The highest BCUT2D eigenvalue weighted by molar-refractivity contribution is 6.91.